The number of aromatic nitrogens is 1. The first-order valence-electron chi connectivity index (χ1n) is 4.95. The Balaban J connectivity index is 2.70. The molecule has 1 heterocycles. The normalized spacial score (nSPS) is 11.7. The Hall–Kier alpha value is -0.633. The van der Waals surface area contributed by atoms with Gasteiger partial charge in [-0.15, -0.1) is 0 Å². The molecule has 0 saturated carbocycles. The molecule has 13 heavy (non-hydrogen) atoms. The van der Waals surface area contributed by atoms with E-state index in [0.29, 0.717) is 0 Å². The van der Waals surface area contributed by atoms with Gasteiger partial charge in [0, 0.05) is 11.9 Å². The van der Waals surface area contributed by atoms with Gasteiger partial charge in [0.2, 0.25) is 0 Å². The topological polar surface area (TPSA) is 12.9 Å². The summed E-state index contributed by atoms with van der Waals surface area (Å²) in [7, 11) is -0.988. The number of rotatable bonds is 3. The van der Waals surface area contributed by atoms with Gasteiger partial charge in [0.05, 0.1) is 8.07 Å². The molecule has 1 rings (SSSR count). The summed E-state index contributed by atoms with van der Waals surface area (Å²) in [6.45, 7) is 9.29. The minimum atomic E-state index is -0.988. The van der Waals surface area contributed by atoms with Crippen molar-refractivity contribution < 1.29 is 0 Å². The van der Waals surface area contributed by atoms with Crippen molar-refractivity contribution in [3.05, 3.63) is 29.6 Å². The van der Waals surface area contributed by atoms with Crippen LogP contribution in [0.25, 0.3) is 0 Å². The lowest BCUT2D eigenvalue weighted by molar-refractivity contribution is 1.06. The molecule has 2 heteroatoms. The lowest BCUT2D eigenvalue weighted by Gasteiger charge is -2.14. The van der Waals surface area contributed by atoms with Crippen LogP contribution in [0.15, 0.2) is 18.3 Å². The van der Waals surface area contributed by atoms with Gasteiger partial charge in [0.1, 0.15) is 0 Å². The molecule has 72 valence electrons. The Morgan fingerprint density at radius 2 is 1.92 bits per heavy atom. The highest BCUT2D eigenvalue weighted by Crippen LogP contribution is 2.10. The quantitative estimate of drug-likeness (QED) is 0.672. The molecular formula is C11H19NSi. The van der Waals surface area contributed by atoms with E-state index in [1.54, 1.807) is 0 Å². The van der Waals surface area contributed by atoms with E-state index in [2.05, 4.69) is 43.7 Å². The molecule has 0 unspecified atom stereocenters. The summed E-state index contributed by atoms with van der Waals surface area (Å²) in [6, 6.07) is 5.57. The van der Waals surface area contributed by atoms with Crippen LogP contribution in [-0.4, -0.2) is 13.1 Å². The van der Waals surface area contributed by atoms with Gasteiger partial charge >= 0.3 is 0 Å². The summed E-state index contributed by atoms with van der Waals surface area (Å²) in [5.41, 5.74) is 2.59. The van der Waals surface area contributed by atoms with Gasteiger partial charge in [-0.2, -0.15) is 0 Å². The van der Waals surface area contributed by atoms with Gasteiger partial charge < -0.3 is 0 Å². The highest BCUT2D eigenvalue weighted by molar-refractivity contribution is 6.75. The first-order chi connectivity index (χ1) is 6.01. The molecular weight excluding hydrogens is 174 g/mol. The van der Waals surface area contributed by atoms with Crippen molar-refractivity contribution in [1.29, 1.82) is 0 Å². The third-order valence-electron chi connectivity index (χ3n) is 2.01. The van der Waals surface area contributed by atoms with Crippen LogP contribution in [0.2, 0.25) is 19.6 Å². The summed E-state index contributed by atoms with van der Waals surface area (Å²) < 4.78 is 0. The second-order valence-electron chi connectivity index (χ2n) is 4.75. The average molecular weight is 193 g/mol. The third-order valence-corrected chi connectivity index (χ3v) is 3.43. The van der Waals surface area contributed by atoms with Gasteiger partial charge in [-0.1, -0.05) is 32.6 Å². The average Bonchev–Trinajstić information content (AvgIpc) is 2.03. The van der Waals surface area contributed by atoms with Gasteiger partial charge in [0.25, 0.3) is 0 Å². The zero-order valence-corrected chi connectivity index (χ0v) is 10.1. The molecule has 1 aromatic rings. The lowest BCUT2D eigenvalue weighted by atomic mass is 10.2. The fourth-order valence-corrected chi connectivity index (χ4v) is 2.61. The van der Waals surface area contributed by atoms with Crippen molar-refractivity contribution in [2.45, 2.75) is 39.0 Å². The first kappa shape index (κ1) is 10.4. The summed E-state index contributed by atoms with van der Waals surface area (Å²) >= 11 is 0. The van der Waals surface area contributed by atoms with Crippen molar-refractivity contribution in [3.63, 3.8) is 0 Å². The summed E-state index contributed by atoms with van der Waals surface area (Å²) in [6.07, 6.45) is 3.09. The zero-order chi connectivity index (χ0) is 9.90. The van der Waals surface area contributed by atoms with Crippen LogP contribution >= 0.6 is 0 Å². The minimum absolute atomic E-state index is 0.988. The first-order valence-corrected chi connectivity index (χ1v) is 8.66. The number of nitrogens with zero attached hydrogens (tertiary/aromatic N) is 1. The molecule has 0 fully saturated rings. The summed E-state index contributed by atoms with van der Waals surface area (Å²) in [5, 5.41) is 0. The van der Waals surface area contributed by atoms with Crippen LogP contribution in [0.3, 0.4) is 0 Å². The van der Waals surface area contributed by atoms with E-state index < -0.39 is 8.07 Å². The molecule has 0 atom stereocenters. The van der Waals surface area contributed by atoms with Crippen LogP contribution in [0.4, 0.5) is 0 Å². The van der Waals surface area contributed by atoms with Gasteiger partial charge in [-0.05, 0) is 24.1 Å². The highest BCUT2D eigenvalue weighted by Gasteiger charge is 2.14. The predicted octanol–water partition coefficient (Wildman–Crippen LogP) is 3.06. The van der Waals surface area contributed by atoms with Crippen molar-refractivity contribution >= 4 is 8.07 Å². The molecule has 1 aromatic heterocycles. The van der Waals surface area contributed by atoms with Crippen molar-refractivity contribution in [1.82, 2.24) is 4.98 Å². The van der Waals surface area contributed by atoms with Crippen LogP contribution in [0, 0.1) is 0 Å². The van der Waals surface area contributed by atoms with Crippen molar-refractivity contribution in [2.75, 3.05) is 0 Å². The maximum Gasteiger partial charge on any atom is 0.0506 e. The summed E-state index contributed by atoms with van der Waals surface area (Å²) in [4.78, 5) is 4.47. The van der Waals surface area contributed by atoms with E-state index in [1.807, 2.05) is 6.20 Å². The monoisotopic (exact) mass is 193 g/mol. The van der Waals surface area contributed by atoms with E-state index in [-0.39, 0.29) is 0 Å². The molecule has 0 aromatic carbocycles. The van der Waals surface area contributed by atoms with Crippen LogP contribution < -0.4 is 0 Å². The smallest absolute Gasteiger partial charge is 0.0506 e. The molecule has 0 radical (unpaired) electrons. The van der Waals surface area contributed by atoms with Gasteiger partial charge in [0.15, 0.2) is 0 Å². The summed E-state index contributed by atoms with van der Waals surface area (Å²) in [5.74, 6) is 0. The highest BCUT2D eigenvalue weighted by atomic mass is 28.3. The Morgan fingerprint density at radius 3 is 2.31 bits per heavy atom. The van der Waals surface area contributed by atoms with Gasteiger partial charge in [-0.3, -0.25) is 4.98 Å². The maximum atomic E-state index is 4.47. The molecule has 0 aliphatic rings. The van der Waals surface area contributed by atoms with E-state index in [0.717, 1.165) is 6.42 Å². The minimum Gasteiger partial charge on any atom is -0.261 e. The van der Waals surface area contributed by atoms with E-state index in [4.69, 9.17) is 0 Å². The lowest BCUT2D eigenvalue weighted by Crippen LogP contribution is -2.24. The Labute approximate surface area is 82.2 Å². The SMILES string of the molecule is CCc1ccc(C[Si](C)(C)C)nc1. The number of hydrogen-bond donors (Lipinski definition) is 0. The molecule has 0 saturated heterocycles. The van der Waals surface area contributed by atoms with Crippen LogP contribution in [0.5, 0.6) is 0 Å². The number of hydrogen-bond acceptors (Lipinski definition) is 1. The number of pyridine rings is 1. The molecule has 0 aliphatic carbocycles. The Kier molecular flexibility index (Phi) is 3.26. The molecule has 1 nitrogen and oxygen atoms in total. The molecule has 0 bridgehead atoms. The standard InChI is InChI=1S/C11H19NSi/c1-5-10-6-7-11(12-8-10)9-13(2,3)4/h6-8H,5,9H2,1-4H3. The second-order valence-corrected chi connectivity index (χ2v) is 10.2. The molecule has 0 aliphatic heterocycles. The fraction of sp³-hybridized carbons (Fsp3) is 0.545. The zero-order valence-electron chi connectivity index (χ0n) is 9.09. The number of aryl methyl sites for hydroxylation is 1. The molecule has 0 spiro atoms. The van der Waals surface area contributed by atoms with Crippen molar-refractivity contribution in [2.24, 2.45) is 0 Å². The maximum absolute atomic E-state index is 4.47. The predicted molar refractivity (Wildman–Crippen MR) is 60.7 cm³/mol. The van der Waals surface area contributed by atoms with Crippen molar-refractivity contribution in [3.8, 4) is 0 Å². The van der Waals surface area contributed by atoms with E-state index in [9.17, 15) is 0 Å². The Morgan fingerprint density at radius 1 is 1.23 bits per heavy atom. The third kappa shape index (κ3) is 3.72. The second kappa shape index (κ2) is 4.05. The largest absolute Gasteiger partial charge is 0.261 e. The molecule has 0 N–H and O–H groups in total. The Bertz CT molecular complexity index is 258. The fourth-order valence-electron chi connectivity index (χ4n) is 1.31. The van der Waals surface area contributed by atoms with E-state index in [1.165, 1.54) is 17.3 Å². The van der Waals surface area contributed by atoms with Gasteiger partial charge in [-0.25, -0.2) is 0 Å². The van der Waals surface area contributed by atoms with Crippen LogP contribution in [-0.2, 0) is 12.5 Å². The van der Waals surface area contributed by atoms with E-state index >= 15 is 0 Å². The van der Waals surface area contributed by atoms with Crippen LogP contribution in [0.1, 0.15) is 18.2 Å². The molecule has 0 amide bonds.